The maximum absolute atomic E-state index is 12.0. The van der Waals surface area contributed by atoms with Crippen molar-refractivity contribution in [2.45, 2.75) is 71.9 Å². The molecular formula is C15H28N2O3. The van der Waals surface area contributed by atoms with Gasteiger partial charge in [0.05, 0.1) is 6.42 Å². The van der Waals surface area contributed by atoms with E-state index < -0.39 is 5.97 Å². The second-order valence-electron chi connectivity index (χ2n) is 7.29. The summed E-state index contributed by atoms with van der Waals surface area (Å²) in [5.74, 6) is -0.223. The van der Waals surface area contributed by atoms with Gasteiger partial charge in [-0.15, -0.1) is 0 Å². The minimum absolute atomic E-state index is 0.0186. The van der Waals surface area contributed by atoms with Crippen LogP contribution in [0.4, 0.5) is 4.79 Å². The third kappa shape index (κ3) is 6.78. The Morgan fingerprint density at radius 3 is 2.40 bits per heavy atom. The second-order valence-corrected chi connectivity index (χ2v) is 7.29. The highest BCUT2D eigenvalue weighted by atomic mass is 16.4. The smallest absolute Gasteiger partial charge is 0.315 e. The van der Waals surface area contributed by atoms with E-state index in [0.29, 0.717) is 12.3 Å². The molecule has 0 saturated heterocycles. The van der Waals surface area contributed by atoms with Crippen LogP contribution in [0, 0.1) is 11.3 Å². The molecule has 0 aromatic carbocycles. The molecule has 2 amide bonds. The van der Waals surface area contributed by atoms with E-state index in [1.807, 2.05) is 20.8 Å². The highest BCUT2D eigenvalue weighted by Crippen LogP contribution is 2.25. The van der Waals surface area contributed by atoms with Gasteiger partial charge in [0.25, 0.3) is 0 Å². The molecule has 0 bridgehead atoms. The molecule has 1 fully saturated rings. The summed E-state index contributed by atoms with van der Waals surface area (Å²) in [6.45, 7) is 8.31. The largest absolute Gasteiger partial charge is 0.481 e. The molecular weight excluding hydrogens is 256 g/mol. The van der Waals surface area contributed by atoms with Crippen LogP contribution in [0.25, 0.3) is 0 Å². The summed E-state index contributed by atoms with van der Waals surface area (Å²) < 4.78 is 0. The summed E-state index contributed by atoms with van der Waals surface area (Å²) in [7, 11) is 0. The lowest BCUT2D eigenvalue weighted by Gasteiger charge is -2.26. The monoisotopic (exact) mass is 284 g/mol. The van der Waals surface area contributed by atoms with Crippen molar-refractivity contribution >= 4 is 12.0 Å². The van der Waals surface area contributed by atoms with Crippen LogP contribution < -0.4 is 10.6 Å². The molecule has 3 N–H and O–H groups in total. The van der Waals surface area contributed by atoms with Crippen LogP contribution in [0.5, 0.6) is 0 Å². The molecule has 1 saturated carbocycles. The van der Waals surface area contributed by atoms with Gasteiger partial charge < -0.3 is 15.7 Å². The molecule has 0 aliphatic heterocycles. The third-order valence-corrected chi connectivity index (χ3v) is 3.65. The highest BCUT2D eigenvalue weighted by molar-refractivity contribution is 5.76. The lowest BCUT2D eigenvalue weighted by atomic mass is 9.87. The van der Waals surface area contributed by atoms with Crippen molar-refractivity contribution in [3.63, 3.8) is 0 Å². The standard InChI is InChI=1S/C15H28N2O3/c1-10-5-6-11(7-10)16-14(20)17-12(8-13(18)19)9-15(2,3)4/h10-12H,5-9H2,1-4H3,(H,18,19)(H2,16,17,20). The Bertz CT molecular complexity index is 350. The van der Waals surface area contributed by atoms with Crippen LogP contribution in [-0.2, 0) is 4.79 Å². The second kappa shape index (κ2) is 6.95. The maximum atomic E-state index is 12.0. The van der Waals surface area contributed by atoms with Crippen molar-refractivity contribution in [1.82, 2.24) is 10.6 Å². The van der Waals surface area contributed by atoms with Gasteiger partial charge in [0.1, 0.15) is 0 Å². The van der Waals surface area contributed by atoms with Crippen molar-refractivity contribution in [1.29, 1.82) is 0 Å². The van der Waals surface area contributed by atoms with E-state index in [4.69, 9.17) is 5.11 Å². The van der Waals surface area contributed by atoms with E-state index >= 15 is 0 Å². The SMILES string of the molecule is CC1CCC(NC(=O)NC(CC(=O)O)CC(C)(C)C)C1. The first-order chi connectivity index (χ1) is 9.15. The van der Waals surface area contributed by atoms with E-state index in [-0.39, 0.29) is 30.0 Å². The van der Waals surface area contributed by atoms with Gasteiger partial charge in [-0.2, -0.15) is 0 Å². The molecule has 20 heavy (non-hydrogen) atoms. The van der Waals surface area contributed by atoms with E-state index in [1.165, 1.54) is 0 Å². The molecule has 3 unspecified atom stereocenters. The number of hydrogen-bond donors (Lipinski definition) is 3. The summed E-state index contributed by atoms with van der Waals surface area (Å²) in [5.41, 5.74) is -0.0186. The first kappa shape index (κ1) is 16.8. The summed E-state index contributed by atoms with van der Waals surface area (Å²) in [6, 6.07) is -0.337. The summed E-state index contributed by atoms with van der Waals surface area (Å²) in [4.78, 5) is 22.9. The lowest BCUT2D eigenvalue weighted by molar-refractivity contribution is -0.137. The zero-order valence-corrected chi connectivity index (χ0v) is 13.0. The van der Waals surface area contributed by atoms with Gasteiger partial charge in [-0.3, -0.25) is 4.79 Å². The fourth-order valence-electron chi connectivity index (χ4n) is 2.87. The average Bonchev–Trinajstić information content (AvgIpc) is 2.59. The number of urea groups is 1. The van der Waals surface area contributed by atoms with Gasteiger partial charge in [0.15, 0.2) is 0 Å². The fraction of sp³-hybridized carbons (Fsp3) is 0.867. The number of rotatable bonds is 5. The predicted octanol–water partition coefficient (Wildman–Crippen LogP) is 2.75. The van der Waals surface area contributed by atoms with Crippen LogP contribution in [0.2, 0.25) is 0 Å². The molecule has 116 valence electrons. The van der Waals surface area contributed by atoms with Gasteiger partial charge in [-0.25, -0.2) is 4.79 Å². The van der Waals surface area contributed by atoms with Gasteiger partial charge in [-0.1, -0.05) is 27.7 Å². The molecule has 0 spiro atoms. The maximum Gasteiger partial charge on any atom is 0.315 e. The molecule has 0 heterocycles. The van der Waals surface area contributed by atoms with E-state index in [1.54, 1.807) is 0 Å². The van der Waals surface area contributed by atoms with Gasteiger partial charge in [0, 0.05) is 12.1 Å². The number of carbonyl (C=O) groups is 2. The third-order valence-electron chi connectivity index (χ3n) is 3.65. The molecule has 1 aliphatic carbocycles. The van der Waals surface area contributed by atoms with Crippen LogP contribution in [-0.4, -0.2) is 29.2 Å². The zero-order valence-electron chi connectivity index (χ0n) is 13.0. The number of nitrogens with one attached hydrogen (secondary N) is 2. The molecule has 3 atom stereocenters. The van der Waals surface area contributed by atoms with Crippen LogP contribution in [0.3, 0.4) is 0 Å². The van der Waals surface area contributed by atoms with E-state index in [0.717, 1.165) is 19.3 Å². The summed E-state index contributed by atoms with van der Waals surface area (Å²) >= 11 is 0. The normalized spacial score (nSPS) is 24.2. The van der Waals surface area contributed by atoms with Crippen LogP contribution in [0.1, 0.15) is 59.8 Å². The molecule has 0 aromatic rings. The van der Waals surface area contributed by atoms with Gasteiger partial charge in [-0.05, 0) is 37.0 Å². The van der Waals surface area contributed by atoms with Gasteiger partial charge >= 0.3 is 12.0 Å². The van der Waals surface area contributed by atoms with Crippen LogP contribution in [0.15, 0.2) is 0 Å². The van der Waals surface area contributed by atoms with Crippen molar-refractivity contribution in [3.05, 3.63) is 0 Å². The van der Waals surface area contributed by atoms with Crippen molar-refractivity contribution in [3.8, 4) is 0 Å². The Morgan fingerprint density at radius 2 is 1.95 bits per heavy atom. The van der Waals surface area contributed by atoms with E-state index in [9.17, 15) is 9.59 Å². The lowest BCUT2D eigenvalue weighted by Crippen LogP contribution is -2.47. The average molecular weight is 284 g/mol. The number of carbonyl (C=O) groups excluding carboxylic acids is 1. The minimum Gasteiger partial charge on any atom is -0.481 e. The summed E-state index contributed by atoms with van der Waals surface area (Å²) in [6.07, 6.45) is 3.78. The number of carboxylic acids is 1. The predicted molar refractivity (Wildman–Crippen MR) is 78.6 cm³/mol. The zero-order chi connectivity index (χ0) is 15.3. The Balaban J connectivity index is 2.46. The number of amides is 2. The van der Waals surface area contributed by atoms with Crippen molar-refractivity contribution in [2.75, 3.05) is 0 Å². The number of carboxylic acid groups (broad SMARTS) is 1. The quantitative estimate of drug-likeness (QED) is 0.726. The molecule has 0 radical (unpaired) electrons. The first-order valence-electron chi connectivity index (χ1n) is 7.44. The Labute approximate surface area is 121 Å². The first-order valence-corrected chi connectivity index (χ1v) is 7.44. The highest BCUT2D eigenvalue weighted by Gasteiger charge is 2.26. The Morgan fingerprint density at radius 1 is 1.30 bits per heavy atom. The number of hydrogen-bond acceptors (Lipinski definition) is 2. The van der Waals surface area contributed by atoms with Crippen molar-refractivity contribution in [2.24, 2.45) is 11.3 Å². The molecule has 1 aliphatic rings. The Hall–Kier alpha value is -1.26. The molecule has 5 heteroatoms. The topological polar surface area (TPSA) is 78.4 Å². The van der Waals surface area contributed by atoms with Crippen LogP contribution >= 0.6 is 0 Å². The van der Waals surface area contributed by atoms with Crippen molar-refractivity contribution < 1.29 is 14.7 Å². The minimum atomic E-state index is -0.881. The summed E-state index contributed by atoms with van der Waals surface area (Å²) in [5, 5.41) is 14.7. The van der Waals surface area contributed by atoms with Gasteiger partial charge in [0.2, 0.25) is 0 Å². The Kier molecular flexibility index (Phi) is 5.84. The molecule has 0 aromatic heterocycles. The number of aliphatic carboxylic acids is 1. The van der Waals surface area contributed by atoms with E-state index in [2.05, 4.69) is 17.6 Å². The molecule has 5 nitrogen and oxygen atoms in total. The molecule has 1 rings (SSSR count). The fourth-order valence-corrected chi connectivity index (χ4v) is 2.87.